The summed E-state index contributed by atoms with van der Waals surface area (Å²) in [5.41, 5.74) is 4.03. The van der Waals surface area contributed by atoms with Gasteiger partial charge in [0.25, 0.3) is 5.91 Å². The second-order valence-electron chi connectivity index (χ2n) is 6.56. The van der Waals surface area contributed by atoms with Gasteiger partial charge < -0.3 is 4.57 Å². The van der Waals surface area contributed by atoms with Gasteiger partial charge in [-0.2, -0.15) is 4.99 Å². The summed E-state index contributed by atoms with van der Waals surface area (Å²) >= 11 is 1.41. The van der Waals surface area contributed by atoms with Crippen LogP contribution in [0.25, 0.3) is 10.2 Å². The lowest BCUT2D eigenvalue weighted by molar-refractivity contribution is -0.115. The van der Waals surface area contributed by atoms with Gasteiger partial charge in [0.05, 0.1) is 16.0 Å². The fourth-order valence-electron chi connectivity index (χ4n) is 2.92. The monoisotopic (exact) mass is 402 g/mol. The molecule has 27 heavy (non-hydrogen) atoms. The number of carbonyl (C=O) groups is 1. The first-order chi connectivity index (χ1) is 12.8. The molecule has 0 radical (unpaired) electrons. The van der Waals surface area contributed by atoms with Crippen molar-refractivity contribution in [3.8, 4) is 0 Å². The summed E-state index contributed by atoms with van der Waals surface area (Å²) in [7, 11) is -3.56. The topological polar surface area (TPSA) is 68.5 Å². The van der Waals surface area contributed by atoms with Crippen molar-refractivity contribution in [2.75, 3.05) is 5.75 Å². The number of rotatable bonds is 5. The standard InChI is InChI=1S/C20H22N2O3S2/c1-4-22-17-10-14(2)15(3)11-18(17)26-20(22)21-19(23)13-27(24,25)12-16-8-6-5-7-9-16/h5-11H,4,12-13H2,1-3H3. The molecule has 1 heterocycles. The van der Waals surface area contributed by atoms with Gasteiger partial charge in [-0.3, -0.25) is 4.79 Å². The van der Waals surface area contributed by atoms with Crippen LogP contribution in [0, 0.1) is 13.8 Å². The zero-order valence-corrected chi connectivity index (χ0v) is 17.2. The van der Waals surface area contributed by atoms with E-state index in [-0.39, 0.29) is 5.75 Å². The summed E-state index contributed by atoms with van der Waals surface area (Å²) < 4.78 is 27.7. The molecule has 0 saturated carbocycles. The summed E-state index contributed by atoms with van der Waals surface area (Å²) in [5, 5.41) is 0. The summed E-state index contributed by atoms with van der Waals surface area (Å²) in [5.74, 6) is -1.38. The Morgan fingerprint density at radius 3 is 2.44 bits per heavy atom. The van der Waals surface area contributed by atoms with E-state index in [1.807, 2.05) is 31.4 Å². The second-order valence-corrected chi connectivity index (χ2v) is 9.63. The number of aryl methyl sites for hydroxylation is 3. The molecule has 2 aromatic carbocycles. The molecular formula is C20H22N2O3S2. The van der Waals surface area contributed by atoms with Crippen molar-refractivity contribution < 1.29 is 13.2 Å². The van der Waals surface area contributed by atoms with Gasteiger partial charge in [0.15, 0.2) is 14.6 Å². The van der Waals surface area contributed by atoms with E-state index in [9.17, 15) is 13.2 Å². The highest BCUT2D eigenvalue weighted by atomic mass is 32.2. The second kappa shape index (κ2) is 7.78. The summed E-state index contributed by atoms with van der Waals surface area (Å²) in [6, 6.07) is 13.0. The van der Waals surface area contributed by atoms with Crippen LogP contribution in [0.15, 0.2) is 47.5 Å². The van der Waals surface area contributed by atoms with E-state index in [1.165, 1.54) is 22.5 Å². The predicted octanol–water partition coefficient (Wildman–Crippen LogP) is 3.38. The smallest absolute Gasteiger partial charge is 0.263 e. The van der Waals surface area contributed by atoms with Crippen LogP contribution in [0.5, 0.6) is 0 Å². The highest BCUT2D eigenvalue weighted by Gasteiger charge is 2.18. The predicted molar refractivity (Wildman–Crippen MR) is 109 cm³/mol. The summed E-state index contributed by atoms with van der Waals surface area (Å²) in [6.45, 7) is 6.73. The largest absolute Gasteiger partial charge is 0.317 e. The van der Waals surface area contributed by atoms with Crippen LogP contribution < -0.4 is 4.80 Å². The number of sulfone groups is 1. The number of amides is 1. The molecule has 7 heteroatoms. The Kier molecular flexibility index (Phi) is 5.62. The lowest BCUT2D eigenvalue weighted by Crippen LogP contribution is -2.21. The first-order valence-electron chi connectivity index (χ1n) is 8.71. The van der Waals surface area contributed by atoms with Crippen LogP contribution in [-0.4, -0.2) is 24.6 Å². The van der Waals surface area contributed by atoms with E-state index in [2.05, 4.69) is 17.1 Å². The van der Waals surface area contributed by atoms with E-state index in [1.54, 1.807) is 24.3 Å². The van der Waals surface area contributed by atoms with Crippen molar-refractivity contribution in [2.24, 2.45) is 4.99 Å². The zero-order valence-electron chi connectivity index (χ0n) is 15.6. The maximum absolute atomic E-state index is 12.3. The first-order valence-corrected chi connectivity index (χ1v) is 11.4. The fourth-order valence-corrected chi connectivity index (χ4v) is 5.35. The maximum atomic E-state index is 12.3. The fraction of sp³-hybridized carbons (Fsp3) is 0.300. The Morgan fingerprint density at radius 2 is 1.78 bits per heavy atom. The molecule has 0 N–H and O–H groups in total. The van der Waals surface area contributed by atoms with Crippen molar-refractivity contribution in [2.45, 2.75) is 33.1 Å². The Morgan fingerprint density at radius 1 is 1.11 bits per heavy atom. The first kappa shape index (κ1) is 19.5. The number of aromatic nitrogens is 1. The molecule has 0 spiro atoms. The number of carbonyl (C=O) groups excluding carboxylic acids is 1. The van der Waals surface area contributed by atoms with Crippen molar-refractivity contribution in [1.82, 2.24) is 4.57 Å². The third-order valence-corrected chi connectivity index (χ3v) is 6.91. The number of thiazole rings is 1. The van der Waals surface area contributed by atoms with Crippen LogP contribution in [-0.2, 0) is 26.9 Å². The molecule has 0 bridgehead atoms. The quantitative estimate of drug-likeness (QED) is 0.657. The number of fused-ring (bicyclic) bond motifs is 1. The molecule has 3 rings (SSSR count). The van der Waals surface area contributed by atoms with Gasteiger partial charge in [-0.05, 0) is 49.6 Å². The van der Waals surface area contributed by atoms with E-state index < -0.39 is 21.5 Å². The minimum atomic E-state index is -3.56. The van der Waals surface area contributed by atoms with Crippen LogP contribution >= 0.6 is 11.3 Å². The van der Waals surface area contributed by atoms with Crippen LogP contribution in [0.1, 0.15) is 23.6 Å². The summed E-state index contributed by atoms with van der Waals surface area (Å²) in [6.07, 6.45) is 0. The summed E-state index contributed by atoms with van der Waals surface area (Å²) in [4.78, 5) is 17.0. The van der Waals surface area contributed by atoms with Gasteiger partial charge in [-0.25, -0.2) is 8.42 Å². The molecule has 5 nitrogen and oxygen atoms in total. The van der Waals surface area contributed by atoms with Crippen LogP contribution in [0.3, 0.4) is 0 Å². The van der Waals surface area contributed by atoms with E-state index in [0.29, 0.717) is 16.9 Å². The van der Waals surface area contributed by atoms with Crippen molar-refractivity contribution in [3.05, 3.63) is 64.0 Å². The third kappa shape index (κ3) is 4.54. The van der Waals surface area contributed by atoms with Crippen molar-refractivity contribution in [1.29, 1.82) is 0 Å². The average molecular weight is 403 g/mol. The van der Waals surface area contributed by atoms with Crippen molar-refractivity contribution >= 4 is 37.3 Å². The zero-order chi connectivity index (χ0) is 19.6. The SMILES string of the molecule is CCn1c(=NC(=O)CS(=O)(=O)Cc2ccccc2)sc2cc(C)c(C)cc21. The van der Waals surface area contributed by atoms with Gasteiger partial charge >= 0.3 is 0 Å². The highest BCUT2D eigenvalue weighted by molar-refractivity contribution is 7.91. The highest BCUT2D eigenvalue weighted by Crippen LogP contribution is 2.22. The molecule has 0 aliphatic heterocycles. The minimum absolute atomic E-state index is 0.159. The Labute approximate surface area is 162 Å². The molecule has 1 amide bonds. The lowest BCUT2D eigenvalue weighted by atomic mass is 10.1. The Balaban J connectivity index is 1.91. The van der Waals surface area contributed by atoms with Gasteiger partial charge in [-0.1, -0.05) is 41.7 Å². The molecule has 0 aliphatic carbocycles. The Bertz CT molecular complexity index is 1160. The van der Waals surface area contributed by atoms with Crippen LogP contribution in [0.4, 0.5) is 0 Å². The Hall–Kier alpha value is -2.25. The van der Waals surface area contributed by atoms with Crippen LogP contribution in [0.2, 0.25) is 0 Å². The molecule has 142 valence electrons. The maximum Gasteiger partial charge on any atom is 0.263 e. The third-order valence-electron chi connectivity index (χ3n) is 4.41. The van der Waals surface area contributed by atoms with Gasteiger partial charge in [0.1, 0.15) is 5.75 Å². The van der Waals surface area contributed by atoms with E-state index in [4.69, 9.17) is 0 Å². The van der Waals surface area contributed by atoms with Gasteiger partial charge in [-0.15, -0.1) is 0 Å². The van der Waals surface area contributed by atoms with Gasteiger partial charge in [0, 0.05) is 6.54 Å². The lowest BCUT2D eigenvalue weighted by Gasteiger charge is -2.04. The normalized spacial score (nSPS) is 12.6. The minimum Gasteiger partial charge on any atom is -0.317 e. The molecular weight excluding hydrogens is 380 g/mol. The van der Waals surface area contributed by atoms with E-state index in [0.717, 1.165) is 10.2 Å². The molecule has 0 unspecified atom stereocenters. The molecule has 0 atom stereocenters. The number of hydrogen-bond acceptors (Lipinski definition) is 4. The number of benzene rings is 2. The van der Waals surface area contributed by atoms with Crippen molar-refractivity contribution in [3.63, 3.8) is 0 Å². The molecule has 0 aliphatic rings. The molecule has 1 aromatic heterocycles. The number of nitrogens with zero attached hydrogens (tertiary/aromatic N) is 2. The molecule has 0 fully saturated rings. The molecule has 3 aromatic rings. The van der Waals surface area contributed by atoms with E-state index >= 15 is 0 Å². The number of hydrogen-bond donors (Lipinski definition) is 0. The van der Waals surface area contributed by atoms with Gasteiger partial charge in [0.2, 0.25) is 0 Å². The molecule has 0 saturated heterocycles. The average Bonchev–Trinajstić information content (AvgIpc) is 2.90.